The Balaban J connectivity index is 1.41. The van der Waals surface area contributed by atoms with Gasteiger partial charge in [0.25, 0.3) is 0 Å². The van der Waals surface area contributed by atoms with Crippen LogP contribution < -0.4 is 0 Å². The summed E-state index contributed by atoms with van der Waals surface area (Å²) in [7, 11) is 0. The summed E-state index contributed by atoms with van der Waals surface area (Å²) >= 11 is 1.73. The second kappa shape index (κ2) is 13.7. The summed E-state index contributed by atoms with van der Waals surface area (Å²) in [5.41, 5.74) is 3.23. The number of benzene rings is 4. The maximum Gasteiger partial charge on any atom is 0.114 e. The zero-order valence-corrected chi connectivity index (χ0v) is 22.2. The molecule has 0 heterocycles. The summed E-state index contributed by atoms with van der Waals surface area (Å²) in [6, 6.07) is 40.7. The van der Waals surface area contributed by atoms with Crippen LogP contribution in [0.15, 0.2) is 126 Å². The van der Waals surface area contributed by atoms with Gasteiger partial charge in [-0.25, -0.2) is 0 Å². The lowest BCUT2D eigenvalue weighted by molar-refractivity contribution is -0.199. The Bertz CT molecular complexity index is 1210. The van der Waals surface area contributed by atoms with Crippen molar-refractivity contribution >= 4 is 11.8 Å². The minimum Gasteiger partial charge on any atom is -0.390 e. The Morgan fingerprint density at radius 1 is 0.526 bits per heavy atom. The number of hydrogen-bond acceptors (Lipinski definition) is 5. The van der Waals surface area contributed by atoms with Crippen molar-refractivity contribution in [1.29, 1.82) is 0 Å². The van der Waals surface area contributed by atoms with E-state index in [1.54, 1.807) is 11.8 Å². The Labute approximate surface area is 229 Å². The molecule has 0 amide bonds. The van der Waals surface area contributed by atoms with Crippen LogP contribution >= 0.6 is 11.8 Å². The van der Waals surface area contributed by atoms with Gasteiger partial charge in [0.15, 0.2) is 0 Å². The van der Waals surface area contributed by atoms with E-state index in [1.807, 2.05) is 84.9 Å². The van der Waals surface area contributed by atoms with Crippen molar-refractivity contribution in [2.75, 3.05) is 0 Å². The van der Waals surface area contributed by atoms with Gasteiger partial charge in [-0.1, -0.05) is 109 Å². The first-order valence-corrected chi connectivity index (χ1v) is 14.0. The first kappa shape index (κ1) is 26.7. The Morgan fingerprint density at radius 2 is 0.921 bits per heavy atom. The third-order valence-corrected chi connectivity index (χ3v) is 8.06. The summed E-state index contributed by atoms with van der Waals surface area (Å²) in [5, 5.41) is 11.4. The molecule has 0 unspecified atom stereocenters. The molecule has 4 nitrogen and oxygen atoms in total. The summed E-state index contributed by atoms with van der Waals surface area (Å²) in [4.78, 5) is 1.14. The molecule has 0 aliphatic heterocycles. The van der Waals surface area contributed by atoms with E-state index < -0.39 is 18.3 Å². The molecular weight excluding hydrogens is 492 g/mol. The average Bonchev–Trinajstić information content (AvgIpc) is 2.97. The molecular formula is C33H34O4S. The van der Waals surface area contributed by atoms with E-state index in [9.17, 15) is 5.11 Å². The van der Waals surface area contributed by atoms with Crippen molar-refractivity contribution in [3.05, 3.63) is 138 Å². The Morgan fingerprint density at radius 3 is 1.39 bits per heavy atom. The number of rotatable bonds is 11. The molecule has 5 atom stereocenters. The molecule has 4 aromatic carbocycles. The van der Waals surface area contributed by atoms with E-state index in [0.717, 1.165) is 21.6 Å². The minimum atomic E-state index is -0.683. The third kappa shape index (κ3) is 7.34. The quantitative estimate of drug-likeness (QED) is 0.237. The van der Waals surface area contributed by atoms with Gasteiger partial charge >= 0.3 is 0 Å². The topological polar surface area (TPSA) is 47.9 Å². The van der Waals surface area contributed by atoms with Crippen LogP contribution in [0.5, 0.6) is 0 Å². The highest BCUT2D eigenvalue weighted by Crippen LogP contribution is 2.39. The largest absolute Gasteiger partial charge is 0.390 e. The molecule has 0 aromatic heterocycles. The highest BCUT2D eigenvalue weighted by atomic mass is 32.2. The summed E-state index contributed by atoms with van der Waals surface area (Å²) < 4.78 is 19.6. The van der Waals surface area contributed by atoms with Gasteiger partial charge in [-0.3, -0.25) is 0 Å². The summed E-state index contributed by atoms with van der Waals surface area (Å²) in [6.07, 6.45) is -1.39. The molecule has 1 aliphatic rings. The van der Waals surface area contributed by atoms with Gasteiger partial charge < -0.3 is 19.3 Å². The van der Waals surface area contributed by atoms with Gasteiger partial charge in [-0.15, -0.1) is 11.8 Å². The molecule has 1 saturated carbocycles. The van der Waals surface area contributed by atoms with Gasteiger partial charge in [0.2, 0.25) is 0 Å². The highest BCUT2D eigenvalue weighted by Gasteiger charge is 2.47. The lowest BCUT2D eigenvalue weighted by atomic mass is 9.88. The fraction of sp³-hybridized carbons (Fsp3) is 0.273. The SMILES string of the molecule is O[C@@H]1C[C@@H](Sc2ccccc2)[C@H](OCc2ccccc2)[C@@H](OCc2ccccc2)[C@@H]1OCc1ccccc1. The Hall–Kier alpha value is -2.93. The highest BCUT2D eigenvalue weighted by molar-refractivity contribution is 8.00. The van der Waals surface area contributed by atoms with E-state index in [1.165, 1.54) is 0 Å². The maximum atomic E-state index is 11.4. The zero-order chi connectivity index (χ0) is 26.0. The number of thioether (sulfide) groups is 1. The number of aliphatic hydroxyl groups is 1. The molecule has 38 heavy (non-hydrogen) atoms. The van der Waals surface area contributed by atoms with Crippen LogP contribution in [0.2, 0.25) is 0 Å². The molecule has 5 rings (SSSR count). The predicted molar refractivity (Wildman–Crippen MR) is 152 cm³/mol. The lowest BCUT2D eigenvalue weighted by Gasteiger charge is -2.44. The summed E-state index contributed by atoms with van der Waals surface area (Å²) in [6.45, 7) is 1.27. The first-order chi connectivity index (χ1) is 18.8. The van der Waals surface area contributed by atoms with E-state index in [-0.39, 0.29) is 11.4 Å². The van der Waals surface area contributed by atoms with Crippen LogP contribution in [0.4, 0.5) is 0 Å². The summed E-state index contributed by atoms with van der Waals surface area (Å²) in [5.74, 6) is 0. The van der Waals surface area contributed by atoms with Crippen molar-refractivity contribution in [2.24, 2.45) is 0 Å². The molecule has 0 radical (unpaired) electrons. The van der Waals surface area contributed by atoms with E-state index >= 15 is 0 Å². The third-order valence-electron chi connectivity index (χ3n) is 6.75. The van der Waals surface area contributed by atoms with Crippen LogP contribution in [0.3, 0.4) is 0 Å². The number of aliphatic hydroxyl groups excluding tert-OH is 1. The average molecular weight is 527 g/mol. The van der Waals surface area contributed by atoms with Gasteiger partial charge in [0.05, 0.1) is 32.0 Å². The maximum absolute atomic E-state index is 11.4. The lowest BCUT2D eigenvalue weighted by Crippen LogP contribution is -2.57. The molecule has 0 bridgehead atoms. The monoisotopic (exact) mass is 526 g/mol. The molecule has 1 N–H and O–H groups in total. The van der Waals surface area contributed by atoms with Gasteiger partial charge in [0, 0.05) is 10.1 Å². The van der Waals surface area contributed by atoms with Crippen LogP contribution in [0.25, 0.3) is 0 Å². The van der Waals surface area contributed by atoms with Gasteiger partial charge in [-0.2, -0.15) is 0 Å². The van der Waals surface area contributed by atoms with Gasteiger partial charge in [0.1, 0.15) is 12.2 Å². The van der Waals surface area contributed by atoms with E-state index in [4.69, 9.17) is 14.2 Å². The second-order valence-corrected chi connectivity index (χ2v) is 10.9. The van der Waals surface area contributed by atoms with Crippen molar-refractivity contribution < 1.29 is 19.3 Å². The fourth-order valence-corrected chi connectivity index (χ4v) is 6.14. The number of ether oxygens (including phenoxy) is 3. The van der Waals surface area contributed by atoms with Crippen LogP contribution in [-0.4, -0.2) is 34.8 Å². The van der Waals surface area contributed by atoms with Crippen molar-refractivity contribution in [3.63, 3.8) is 0 Å². The first-order valence-electron chi connectivity index (χ1n) is 13.1. The zero-order valence-electron chi connectivity index (χ0n) is 21.3. The predicted octanol–water partition coefficient (Wildman–Crippen LogP) is 6.67. The van der Waals surface area contributed by atoms with Crippen LogP contribution in [0, 0.1) is 0 Å². The molecule has 1 fully saturated rings. The molecule has 0 spiro atoms. The Kier molecular flexibility index (Phi) is 9.64. The normalized spacial score (nSPS) is 23.2. The molecule has 5 heteroatoms. The fourth-order valence-electron chi connectivity index (χ4n) is 4.81. The van der Waals surface area contributed by atoms with E-state index in [2.05, 4.69) is 36.4 Å². The van der Waals surface area contributed by atoms with Crippen molar-refractivity contribution in [3.8, 4) is 0 Å². The smallest absolute Gasteiger partial charge is 0.114 e. The standard InChI is InChI=1S/C33H34O4S/c34-29-21-30(38-28-19-11-4-12-20-28)32(36-23-26-15-7-2-8-16-26)33(37-24-27-17-9-3-10-18-27)31(29)35-22-25-13-5-1-6-14-25/h1-20,29-34H,21-24H2/t29-,30-,31-,32+,33+/m1/s1. The van der Waals surface area contributed by atoms with Crippen molar-refractivity contribution in [2.45, 2.75) is 60.8 Å². The van der Waals surface area contributed by atoms with E-state index in [0.29, 0.717) is 26.2 Å². The molecule has 4 aromatic rings. The van der Waals surface area contributed by atoms with Gasteiger partial charge in [-0.05, 0) is 35.2 Å². The minimum absolute atomic E-state index is 0.00605. The van der Waals surface area contributed by atoms with Crippen LogP contribution in [0.1, 0.15) is 23.1 Å². The van der Waals surface area contributed by atoms with Crippen LogP contribution in [-0.2, 0) is 34.0 Å². The number of hydrogen-bond donors (Lipinski definition) is 1. The molecule has 196 valence electrons. The molecule has 0 saturated heterocycles. The second-order valence-electron chi connectivity index (χ2n) is 9.56. The molecule has 1 aliphatic carbocycles. The van der Waals surface area contributed by atoms with Crippen molar-refractivity contribution in [1.82, 2.24) is 0 Å².